The topological polar surface area (TPSA) is 84.6 Å². The van der Waals surface area contributed by atoms with E-state index in [0.29, 0.717) is 35.8 Å². The summed E-state index contributed by atoms with van der Waals surface area (Å²) >= 11 is 6.22. The second-order valence-electron chi connectivity index (χ2n) is 4.79. The molecule has 0 unspecified atom stereocenters. The number of benzene rings is 1. The molecule has 0 saturated carbocycles. The van der Waals surface area contributed by atoms with Gasteiger partial charge < -0.3 is 19.9 Å². The normalized spacial score (nSPS) is 10.9. The van der Waals surface area contributed by atoms with Crippen molar-refractivity contribution in [1.29, 1.82) is 0 Å². The quantitative estimate of drug-likeness (QED) is 0.388. The summed E-state index contributed by atoms with van der Waals surface area (Å²) in [5, 5.41) is 10.8. The summed E-state index contributed by atoms with van der Waals surface area (Å²) in [7, 11) is 3.32. The lowest BCUT2D eigenvalue weighted by molar-refractivity contribution is 0.387. The minimum absolute atomic E-state index is 0. The molecular weight excluding hydrogens is 445 g/mol. The van der Waals surface area contributed by atoms with Crippen LogP contribution in [0.5, 0.6) is 5.75 Å². The SMILES string of the molecule is CN=C(NCCc1ccc(OC)cc1Cl)NCc1noc(C)n1.I. The van der Waals surface area contributed by atoms with Gasteiger partial charge in [0.15, 0.2) is 11.8 Å². The second-order valence-corrected chi connectivity index (χ2v) is 5.20. The molecule has 1 aromatic carbocycles. The van der Waals surface area contributed by atoms with Crippen LogP contribution < -0.4 is 15.4 Å². The van der Waals surface area contributed by atoms with Crippen LogP contribution in [-0.2, 0) is 13.0 Å². The average molecular weight is 466 g/mol. The van der Waals surface area contributed by atoms with Crippen LogP contribution >= 0.6 is 35.6 Å². The van der Waals surface area contributed by atoms with Crippen LogP contribution in [0.3, 0.4) is 0 Å². The standard InChI is InChI=1S/C15H20ClN5O2.HI/c1-10-20-14(21-23-10)9-19-15(17-2)18-7-6-11-4-5-12(22-3)8-13(11)16;/h4-5,8H,6-7,9H2,1-3H3,(H2,17,18,19);1H. The first kappa shape index (κ1) is 20.5. The average Bonchev–Trinajstić information content (AvgIpc) is 2.97. The first-order valence-electron chi connectivity index (χ1n) is 7.18. The predicted molar refractivity (Wildman–Crippen MR) is 104 cm³/mol. The van der Waals surface area contributed by atoms with E-state index < -0.39 is 0 Å². The number of nitrogens with one attached hydrogen (secondary N) is 2. The van der Waals surface area contributed by atoms with Crippen molar-refractivity contribution >= 4 is 41.5 Å². The lowest BCUT2D eigenvalue weighted by Crippen LogP contribution is -2.38. The van der Waals surface area contributed by atoms with Crippen molar-refractivity contribution in [2.75, 3.05) is 20.7 Å². The zero-order valence-corrected chi connectivity index (χ0v) is 16.9. The smallest absolute Gasteiger partial charge is 0.223 e. The zero-order chi connectivity index (χ0) is 16.7. The minimum Gasteiger partial charge on any atom is -0.497 e. The summed E-state index contributed by atoms with van der Waals surface area (Å²) in [5.74, 6) is 2.54. The van der Waals surface area contributed by atoms with Crippen molar-refractivity contribution in [2.45, 2.75) is 19.9 Å². The monoisotopic (exact) mass is 465 g/mol. The van der Waals surface area contributed by atoms with E-state index in [4.69, 9.17) is 20.9 Å². The van der Waals surface area contributed by atoms with E-state index in [9.17, 15) is 0 Å². The Hall–Kier alpha value is -1.55. The lowest BCUT2D eigenvalue weighted by Gasteiger charge is -2.11. The molecule has 2 aromatic rings. The molecule has 0 radical (unpaired) electrons. The van der Waals surface area contributed by atoms with Crippen LogP contribution in [-0.4, -0.2) is 36.8 Å². The lowest BCUT2D eigenvalue weighted by atomic mass is 10.1. The molecule has 0 aliphatic carbocycles. The zero-order valence-electron chi connectivity index (χ0n) is 13.8. The van der Waals surface area contributed by atoms with Crippen LogP contribution in [0.25, 0.3) is 0 Å². The highest BCUT2D eigenvalue weighted by atomic mass is 127. The van der Waals surface area contributed by atoms with Crippen molar-refractivity contribution in [1.82, 2.24) is 20.8 Å². The third-order valence-corrected chi connectivity index (χ3v) is 3.51. The number of ether oxygens (including phenoxy) is 1. The minimum atomic E-state index is 0. The van der Waals surface area contributed by atoms with Crippen LogP contribution in [0.15, 0.2) is 27.7 Å². The largest absolute Gasteiger partial charge is 0.497 e. The summed E-state index contributed by atoms with van der Waals surface area (Å²) in [6, 6.07) is 5.66. The molecule has 9 heteroatoms. The van der Waals surface area contributed by atoms with Gasteiger partial charge in [-0.3, -0.25) is 4.99 Å². The Morgan fingerprint density at radius 1 is 1.38 bits per heavy atom. The van der Waals surface area contributed by atoms with Gasteiger partial charge in [0.25, 0.3) is 0 Å². The maximum atomic E-state index is 6.22. The maximum absolute atomic E-state index is 6.22. The van der Waals surface area contributed by atoms with Gasteiger partial charge in [-0.05, 0) is 24.1 Å². The highest BCUT2D eigenvalue weighted by molar-refractivity contribution is 14.0. The van der Waals surface area contributed by atoms with E-state index in [1.54, 1.807) is 21.1 Å². The molecule has 0 saturated heterocycles. The number of hydrogen-bond donors (Lipinski definition) is 2. The summed E-state index contributed by atoms with van der Waals surface area (Å²) in [6.07, 6.45) is 0.769. The molecule has 0 atom stereocenters. The van der Waals surface area contributed by atoms with Crippen LogP contribution in [0.4, 0.5) is 0 Å². The van der Waals surface area contributed by atoms with Crippen molar-refractivity contribution < 1.29 is 9.26 Å². The molecular formula is C15H21ClIN5O2. The molecule has 7 nitrogen and oxygen atoms in total. The molecule has 0 amide bonds. The second kappa shape index (κ2) is 10.3. The van der Waals surface area contributed by atoms with Gasteiger partial charge in [-0.2, -0.15) is 4.98 Å². The summed E-state index contributed by atoms with van der Waals surface area (Å²) in [4.78, 5) is 8.27. The number of hydrogen-bond acceptors (Lipinski definition) is 5. The van der Waals surface area contributed by atoms with Crippen molar-refractivity contribution in [3.05, 3.63) is 40.5 Å². The molecule has 0 fully saturated rings. The molecule has 24 heavy (non-hydrogen) atoms. The fourth-order valence-corrected chi connectivity index (χ4v) is 2.23. The Kier molecular flexibility index (Phi) is 8.83. The molecule has 0 bridgehead atoms. The van der Waals surface area contributed by atoms with E-state index in [2.05, 4.69) is 25.8 Å². The number of aryl methyl sites for hydroxylation is 1. The van der Waals surface area contributed by atoms with Gasteiger partial charge >= 0.3 is 0 Å². The van der Waals surface area contributed by atoms with Gasteiger partial charge in [-0.25, -0.2) is 0 Å². The number of methoxy groups -OCH3 is 1. The molecule has 132 valence electrons. The first-order chi connectivity index (χ1) is 11.1. The van der Waals surface area contributed by atoms with E-state index in [1.807, 2.05) is 18.2 Å². The number of aliphatic imine (C=N–C) groups is 1. The van der Waals surface area contributed by atoms with Gasteiger partial charge in [0, 0.05) is 25.5 Å². The van der Waals surface area contributed by atoms with Crippen LogP contribution in [0, 0.1) is 6.92 Å². The summed E-state index contributed by atoms with van der Waals surface area (Å²) in [6.45, 7) is 2.89. The fourth-order valence-electron chi connectivity index (χ4n) is 1.97. The molecule has 2 rings (SSSR count). The third-order valence-electron chi connectivity index (χ3n) is 3.15. The Balaban J connectivity index is 0.00000288. The molecule has 1 heterocycles. The van der Waals surface area contributed by atoms with E-state index in [1.165, 1.54) is 0 Å². The summed E-state index contributed by atoms with van der Waals surface area (Å²) < 4.78 is 10.1. The number of guanidine groups is 1. The first-order valence-corrected chi connectivity index (χ1v) is 7.56. The van der Waals surface area contributed by atoms with E-state index in [-0.39, 0.29) is 24.0 Å². The van der Waals surface area contributed by atoms with Crippen molar-refractivity contribution in [3.63, 3.8) is 0 Å². The molecule has 0 aliphatic rings. The van der Waals surface area contributed by atoms with Crippen LogP contribution in [0.2, 0.25) is 5.02 Å². The Morgan fingerprint density at radius 3 is 2.75 bits per heavy atom. The van der Waals surface area contributed by atoms with Gasteiger partial charge in [-0.15, -0.1) is 24.0 Å². The molecule has 0 spiro atoms. The van der Waals surface area contributed by atoms with Gasteiger partial charge in [0.1, 0.15) is 5.75 Å². The maximum Gasteiger partial charge on any atom is 0.223 e. The van der Waals surface area contributed by atoms with E-state index in [0.717, 1.165) is 17.7 Å². The highest BCUT2D eigenvalue weighted by Crippen LogP contribution is 2.22. The number of aromatic nitrogens is 2. The molecule has 2 N–H and O–H groups in total. The number of nitrogens with zero attached hydrogens (tertiary/aromatic N) is 3. The van der Waals surface area contributed by atoms with Gasteiger partial charge in [0.2, 0.25) is 5.89 Å². The Labute approximate surface area is 163 Å². The number of rotatable bonds is 6. The van der Waals surface area contributed by atoms with Crippen molar-refractivity contribution in [3.8, 4) is 5.75 Å². The summed E-state index contributed by atoms with van der Waals surface area (Å²) in [5.41, 5.74) is 1.05. The van der Waals surface area contributed by atoms with Gasteiger partial charge in [0.05, 0.1) is 13.7 Å². The Bertz CT molecular complexity index is 678. The van der Waals surface area contributed by atoms with E-state index >= 15 is 0 Å². The van der Waals surface area contributed by atoms with Crippen LogP contribution in [0.1, 0.15) is 17.3 Å². The highest BCUT2D eigenvalue weighted by Gasteiger charge is 2.05. The predicted octanol–water partition coefficient (Wildman–Crippen LogP) is 2.57. The molecule has 0 aliphatic heterocycles. The van der Waals surface area contributed by atoms with Crippen molar-refractivity contribution in [2.24, 2.45) is 4.99 Å². The molecule has 1 aromatic heterocycles. The third kappa shape index (κ3) is 6.16. The van der Waals surface area contributed by atoms with Gasteiger partial charge in [-0.1, -0.05) is 22.8 Å². The Morgan fingerprint density at radius 2 is 2.17 bits per heavy atom. The fraction of sp³-hybridized carbons (Fsp3) is 0.400. The number of halogens is 2.